The summed E-state index contributed by atoms with van der Waals surface area (Å²) in [7, 11) is 0. The standard InChI is InChI=1S/C19H24N2O3/c1-13-7-8-15-14(11-13)12-16(20-9-5-6-10-20)17(21(15)23)18(22)24-19(2,3)4/h7-8,11-12H,5-6,9-10H2,1-4H3. The molecule has 3 rings (SSSR count). The first-order valence-corrected chi connectivity index (χ1v) is 8.41. The highest BCUT2D eigenvalue weighted by Crippen LogP contribution is 2.28. The molecule has 5 nitrogen and oxygen atoms in total. The van der Waals surface area contributed by atoms with E-state index in [9.17, 15) is 10.0 Å². The van der Waals surface area contributed by atoms with E-state index in [-0.39, 0.29) is 5.69 Å². The molecule has 0 amide bonds. The van der Waals surface area contributed by atoms with Gasteiger partial charge < -0.3 is 14.8 Å². The summed E-state index contributed by atoms with van der Waals surface area (Å²) in [5.41, 5.74) is 1.69. The van der Waals surface area contributed by atoms with Gasteiger partial charge in [-0.2, -0.15) is 4.73 Å². The van der Waals surface area contributed by atoms with Crippen molar-refractivity contribution < 1.29 is 14.3 Å². The Morgan fingerprint density at radius 2 is 1.88 bits per heavy atom. The molecule has 128 valence electrons. The summed E-state index contributed by atoms with van der Waals surface area (Å²) in [5.74, 6) is -0.568. The van der Waals surface area contributed by atoms with Crippen LogP contribution in [0.5, 0.6) is 0 Å². The molecule has 1 saturated heterocycles. The molecular weight excluding hydrogens is 304 g/mol. The number of carbonyl (C=O) groups is 1. The molecule has 1 aromatic heterocycles. The summed E-state index contributed by atoms with van der Waals surface area (Å²) >= 11 is 0. The van der Waals surface area contributed by atoms with Crippen molar-refractivity contribution in [3.63, 3.8) is 0 Å². The second kappa shape index (κ2) is 5.96. The summed E-state index contributed by atoms with van der Waals surface area (Å²) in [6.07, 6.45) is 2.14. The van der Waals surface area contributed by atoms with Gasteiger partial charge in [-0.15, -0.1) is 0 Å². The maximum absolute atomic E-state index is 12.9. The average molecular weight is 328 g/mol. The number of hydrogen-bond acceptors (Lipinski definition) is 4. The lowest BCUT2D eigenvalue weighted by atomic mass is 10.1. The second-order valence-corrected chi connectivity index (χ2v) is 7.43. The van der Waals surface area contributed by atoms with Gasteiger partial charge in [0.05, 0.1) is 5.39 Å². The Balaban J connectivity index is 2.20. The smallest absolute Gasteiger partial charge is 0.407 e. The van der Waals surface area contributed by atoms with E-state index in [0.717, 1.165) is 41.6 Å². The molecule has 0 spiro atoms. The normalized spacial score (nSPS) is 15.1. The number of ether oxygens (including phenoxy) is 1. The third kappa shape index (κ3) is 3.16. The predicted molar refractivity (Wildman–Crippen MR) is 94.3 cm³/mol. The highest BCUT2D eigenvalue weighted by molar-refractivity contribution is 5.95. The summed E-state index contributed by atoms with van der Waals surface area (Å²) < 4.78 is 6.22. The van der Waals surface area contributed by atoms with Crippen LogP contribution in [0.15, 0.2) is 24.3 Å². The number of hydrogen-bond donors (Lipinski definition) is 0. The minimum atomic E-state index is -0.644. The van der Waals surface area contributed by atoms with E-state index >= 15 is 0 Å². The third-order valence-electron chi connectivity index (χ3n) is 4.18. The lowest BCUT2D eigenvalue weighted by molar-refractivity contribution is -0.579. The van der Waals surface area contributed by atoms with Crippen molar-refractivity contribution >= 4 is 22.6 Å². The summed E-state index contributed by atoms with van der Waals surface area (Å²) in [5, 5.41) is 13.8. The Morgan fingerprint density at radius 3 is 2.50 bits per heavy atom. The van der Waals surface area contributed by atoms with Crippen molar-refractivity contribution in [1.29, 1.82) is 0 Å². The molecular formula is C19H24N2O3. The quantitative estimate of drug-likeness (QED) is 0.482. The first kappa shape index (κ1) is 16.6. The van der Waals surface area contributed by atoms with E-state index in [1.54, 1.807) is 26.8 Å². The minimum Gasteiger partial charge on any atom is -0.618 e. The van der Waals surface area contributed by atoms with Crippen LogP contribution in [0.25, 0.3) is 10.9 Å². The number of rotatable bonds is 2. The molecule has 24 heavy (non-hydrogen) atoms. The number of nitrogens with zero attached hydrogens (tertiary/aromatic N) is 2. The highest BCUT2D eigenvalue weighted by Gasteiger charge is 2.32. The van der Waals surface area contributed by atoms with Gasteiger partial charge in [-0.05, 0) is 52.7 Å². The van der Waals surface area contributed by atoms with Crippen LogP contribution in [0, 0.1) is 12.1 Å². The van der Waals surface area contributed by atoms with Crippen molar-refractivity contribution in [1.82, 2.24) is 0 Å². The van der Waals surface area contributed by atoms with Gasteiger partial charge in [0.2, 0.25) is 5.52 Å². The molecule has 2 aromatic rings. The van der Waals surface area contributed by atoms with Crippen molar-refractivity contribution in [3.05, 3.63) is 40.7 Å². The zero-order valence-corrected chi connectivity index (χ0v) is 14.8. The Hall–Kier alpha value is -2.30. The van der Waals surface area contributed by atoms with Gasteiger partial charge in [0.1, 0.15) is 11.3 Å². The molecule has 0 saturated carbocycles. The minimum absolute atomic E-state index is 0.0863. The summed E-state index contributed by atoms with van der Waals surface area (Å²) in [6, 6.07) is 7.56. The van der Waals surface area contributed by atoms with Gasteiger partial charge in [0.15, 0.2) is 0 Å². The molecule has 2 heterocycles. The number of anilines is 1. The zero-order valence-electron chi connectivity index (χ0n) is 14.8. The van der Waals surface area contributed by atoms with E-state index in [1.165, 1.54) is 0 Å². The number of esters is 1. The van der Waals surface area contributed by atoms with Crippen LogP contribution < -0.4 is 9.63 Å². The van der Waals surface area contributed by atoms with Gasteiger partial charge in [-0.3, -0.25) is 0 Å². The number of pyridine rings is 1. The van der Waals surface area contributed by atoms with Crippen molar-refractivity contribution in [2.24, 2.45) is 0 Å². The van der Waals surface area contributed by atoms with Crippen molar-refractivity contribution in [2.75, 3.05) is 18.0 Å². The zero-order chi connectivity index (χ0) is 17.5. The SMILES string of the molecule is Cc1ccc2c(c1)cc(N1CCCC1)c(C(=O)OC(C)(C)C)[n+]2[O-]. The van der Waals surface area contributed by atoms with Crippen LogP contribution in [0.2, 0.25) is 0 Å². The van der Waals surface area contributed by atoms with Crippen molar-refractivity contribution in [3.8, 4) is 0 Å². The molecule has 0 bridgehead atoms. The molecule has 0 aliphatic carbocycles. The molecule has 0 unspecified atom stereocenters. The molecule has 0 atom stereocenters. The molecule has 1 aromatic carbocycles. The fraction of sp³-hybridized carbons (Fsp3) is 0.474. The van der Waals surface area contributed by atoms with Crippen LogP contribution in [0.4, 0.5) is 5.69 Å². The number of fused-ring (bicyclic) bond motifs is 1. The summed E-state index contributed by atoms with van der Waals surface area (Å²) in [6.45, 7) is 9.12. The first-order valence-electron chi connectivity index (χ1n) is 8.41. The van der Waals surface area contributed by atoms with Crippen LogP contribution in [0.3, 0.4) is 0 Å². The van der Waals surface area contributed by atoms with E-state index in [2.05, 4.69) is 4.90 Å². The second-order valence-electron chi connectivity index (χ2n) is 7.43. The van der Waals surface area contributed by atoms with Gasteiger partial charge >= 0.3 is 11.7 Å². The van der Waals surface area contributed by atoms with Crippen LogP contribution in [-0.2, 0) is 4.74 Å². The predicted octanol–water partition coefficient (Wildman–Crippen LogP) is 3.34. The average Bonchev–Trinajstić information content (AvgIpc) is 2.98. The molecule has 5 heteroatoms. The Morgan fingerprint density at radius 1 is 1.21 bits per heavy atom. The third-order valence-corrected chi connectivity index (χ3v) is 4.18. The topological polar surface area (TPSA) is 56.5 Å². The number of carbonyl (C=O) groups excluding carboxylic acids is 1. The highest BCUT2D eigenvalue weighted by atomic mass is 16.6. The maximum Gasteiger partial charge on any atom is 0.407 e. The van der Waals surface area contributed by atoms with E-state index in [1.807, 2.05) is 25.1 Å². The van der Waals surface area contributed by atoms with E-state index in [0.29, 0.717) is 11.2 Å². The molecule has 1 aliphatic heterocycles. The van der Waals surface area contributed by atoms with E-state index in [4.69, 9.17) is 4.74 Å². The lowest BCUT2D eigenvalue weighted by Gasteiger charge is -2.23. The Labute approximate surface area is 142 Å². The van der Waals surface area contributed by atoms with Gasteiger partial charge in [-0.1, -0.05) is 11.6 Å². The fourth-order valence-corrected chi connectivity index (χ4v) is 3.13. The molecule has 1 fully saturated rings. The Kier molecular flexibility index (Phi) is 4.11. The van der Waals surface area contributed by atoms with E-state index < -0.39 is 11.6 Å². The number of aryl methyl sites for hydroxylation is 1. The monoisotopic (exact) mass is 328 g/mol. The largest absolute Gasteiger partial charge is 0.618 e. The van der Waals surface area contributed by atoms with Crippen LogP contribution >= 0.6 is 0 Å². The van der Waals surface area contributed by atoms with Gasteiger partial charge in [0, 0.05) is 19.2 Å². The van der Waals surface area contributed by atoms with Crippen LogP contribution in [-0.4, -0.2) is 24.7 Å². The Bertz CT molecular complexity index is 787. The number of benzene rings is 1. The van der Waals surface area contributed by atoms with Crippen molar-refractivity contribution in [2.45, 2.75) is 46.1 Å². The lowest BCUT2D eigenvalue weighted by Crippen LogP contribution is -2.41. The molecule has 1 aliphatic rings. The van der Waals surface area contributed by atoms with Gasteiger partial charge in [0.25, 0.3) is 0 Å². The fourth-order valence-electron chi connectivity index (χ4n) is 3.13. The number of aromatic nitrogens is 1. The first-order chi connectivity index (χ1) is 11.3. The molecule has 0 N–H and O–H groups in total. The maximum atomic E-state index is 12.9. The van der Waals surface area contributed by atoms with Gasteiger partial charge in [-0.25, -0.2) is 4.79 Å². The summed E-state index contributed by atoms with van der Waals surface area (Å²) in [4.78, 5) is 14.8. The molecule has 0 radical (unpaired) electrons. The van der Waals surface area contributed by atoms with Crippen LogP contribution in [0.1, 0.15) is 49.7 Å².